The zero-order chi connectivity index (χ0) is 13.9. The maximum Gasteiger partial charge on any atom is 0.161 e. The van der Waals surface area contributed by atoms with Crippen molar-refractivity contribution < 1.29 is 14.6 Å². The molecule has 0 atom stereocenters. The second-order valence-electron chi connectivity index (χ2n) is 4.37. The Morgan fingerprint density at radius 3 is 2.65 bits per heavy atom. The van der Waals surface area contributed by atoms with Crippen LogP contribution in [-0.4, -0.2) is 12.2 Å². The fraction of sp³-hybridized carbons (Fsp3) is 0.125. The van der Waals surface area contributed by atoms with E-state index in [1.807, 2.05) is 36.4 Å². The first-order valence-electron chi connectivity index (χ1n) is 6.23. The van der Waals surface area contributed by atoms with E-state index in [2.05, 4.69) is 0 Å². The van der Waals surface area contributed by atoms with Crippen molar-refractivity contribution in [1.82, 2.24) is 0 Å². The number of phenols is 1. The van der Waals surface area contributed by atoms with Crippen LogP contribution in [0.4, 0.5) is 0 Å². The molecule has 1 heterocycles. The number of hydrogen-bond acceptors (Lipinski definition) is 4. The van der Waals surface area contributed by atoms with Gasteiger partial charge in [0, 0.05) is 9.58 Å². The summed E-state index contributed by atoms with van der Waals surface area (Å²) in [5.74, 6) is 1.74. The van der Waals surface area contributed by atoms with E-state index in [0.717, 1.165) is 26.5 Å². The summed E-state index contributed by atoms with van der Waals surface area (Å²) >= 11 is 1.66. The molecule has 0 saturated heterocycles. The topological polar surface area (TPSA) is 38.7 Å². The van der Waals surface area contributed by atoms with Crippen molar-refractivity contribution in [2.45, 2.75) is 6.61 Å². The fourth-order valence-electron chi connectivity index (χ4n) is 2.04. The summed E-state index contributed by atoms with van der Waals surface area (Å²) in [5.41, 5.74) is 0. The van der Waals surface area contributed by atoms with Crippen molar-refractivity contribution in [3.63, 3.8) is 0 Å². The molecule has 0 bridgehead atoms. The molecule has 1 aromatic heterocycles. The van der Waals surface area contributed by atoms with Crippen LogP contribution in [0.15, 0.2) is 48.5 Å². The first-order chi connectivity index (χ1) is 9.76. The van der Waals surface area contributed by atoms with Gasteiger partial charge in [-0.3, -0.25) is 0 Å². The van der Waals surface area contributed by atoms with Crippen molar-refractivity contribution in [3.05, 3.63) is 53.4 Å². The Labute approximate surface area is 121 Å². The predicted octanol–water partition coefficient (Wildman–Crippen LogP) is 4.19. The highest BCUT2D eigenvalue weighted by molar-refractivity contribution is 7.19. The second-order valence-corrected chi connectivity index (χ2v) is 5.54. The van der Waals surface area contributed by atoms with Gasteiger partial charge < -0.3 is 14.6 Å². The molecule has 3 rings (SSSR count). The minimum atomic E-state index is 0.285. The highest BCUT2D eigenvalue weighted by Crippen LogP contribution is 2.31. The second kappa shape index (κ2) is 5.43. The normalized spacial score (nSPS) is 10.7. The number of ether oxygens (including phenoxy) is 2. The molecule has 20 heavy (non-hydrogen) atoms. The lowest BCUT2D eigenvalue weighted by molar-refractivity contribution is 0.287. The first kappa shape index (κ1) is 12.8. The predicted molar refractivity (Wildman–Crippen MR) is 80.8 cm³/mol. The number of benzene rings is 2. The van der Waals surface area contributed by atoms with E-state index in [1.54, 1.807) is 30.6 Å². The van der Waals surface area contributed by atoms with Crippen LogP contribution in [0, 0.1) is 0 Å². The SMILES string of the molecule is COc1ccccc1OCc1cc2cc(O)ccc2s1. The Morgan fingerprint density at radius 1 is 1.05 bits per heavy atom. The fourth-order valence-corrected chi connectivity index (χ4v) is 3.00. The standard InChI is InChI=1S/C16H14O3S/c1-18-14-4-2-3-5-15(14)19-10-13-9-11-8-12(17)6-7-16(11)20-13/h2-9,17H,10H2,1H3. The summed E-state index contributed by atoms with van der Waals surface area (Å²) in [6, 6.07) is 15.0. The van der Waals surface area contributed by atoms with E-state index in [1.165, 1.54) is 0 Å². The molecule has 0 spiro atoms. The molecule has 0 aliphatic rings. The van der Waals surface area contributed by atoms with Crippen LogP contribution in [0.25, 0.3) is 10.1 Å². The lowest BCUT2D eigenvalue weighted by Gasteiger charge is -2.08. The number of aromatic hydroxyl groups is 1. The molecular weight excluding hydrogens is 272 g/mol. The Hall–Kier alpha value is -2.20. The van der Waals surface area contributed by atoms with Crippen molar-refractivity contribution in [2.75, 3.05) is 7.11 Å². The van der Waals surface area contributed by atoms with Crippen LogP contribution in [0.5, 0.6) is 17.2 Å². The van der Waals surface area contributed by atoms with Crippen molar-refractivity contribution in [2.24, 2.45) is 0 Å². The zero-order valence-corrected chi connectivity index (χ0v) is 11.8. The zero-order valence-electron chi connectivity index (χ0n) is 11.0. The van der Waals surface area contributed by atoms with Gasteiger partial charge in [0.2, 0.25) is 0 Å². The molecule has 0 fully saturated rings. The van der Waals surface area contributed by atoms with Crippen LogP contribution >= 0.6 is 11.3 Å². The van der Waals surface area contributed by atoms with Crippen molar-refractivity contribution in [1.29, 1.82) is 0 Å². The summed E-state index contributed by atoms with van der Waals surface area (Å²) in [5, 5.41) is 10.5. The van der Waals surface area contributed by atoms with Gasteiger partial charge in [0.25, 0.3) is 0 Å². The summed E-state index contributed by atoms with van der Waals surface area (Å²) in [6.45, 7) is 0.487. The van der Waals surface area contributed by atoms with Gasteiger partial charge in [-0.25, -0.2) is 0 Å². The van der Waals surface area contributed by atoms with Crippen LogP contribution in [-0.2, 0) is 6.61 Å². The lowest BCUT2D eigenvalue weighted by Crippen LogP contribution is -1.95. The molecule has 102 valence electrons. The number of fused-ring (bicyclic) bond motifs is 1. The molecule has 3 aromatic rings. The molecule has 2 aromatic carbocycles. The smallest absolute Gasteiger partial charge is 0.161 e. The number of rotatable bonds is 4. The maximum atomic E-state index is 9.47. The lowest BCUT2D eigenvalue weighted by atomic mass is 10.2. The Kier molecular flexibility index (Phi) is 3.48. The molecular formula is C16H14O3S. The first-order valence-corrected chi connectivity index (χ1v) is 7.05. The van der Waals surface area contributed by atoms with E-state index in [4.69, 9.17) is 9.47 Å². The Bertz CT molecular complexity index is 733. The number of hydrogen-bond donors (Lipinski definition) is 1. The number of phenolic OH excluding ortho intramolecular Hbond substituents is 1. The average molecular weight is 286 g/mol. The van der Waals surface area contributed by atoms with Gasteiger partial charge in [0.05, 0.1) is 7.11 Å². The van der Waals surface area contributed by atoms with Crippen LogP contribution in [0.3, 0.4) is 0 Å². The average Bonchev–Trinajstić information content (AvgIpc) is 2.87. The molecule has 3 nitrogen and oxygen atoms in total. The third kappa shape index (κ3) is 2.56. The third-order valence-electron chi connectivity index (χ3n) is 2.99. The highest BCUT2D eigenvalue weighted by Gasteiger charge is 2.06. The van der Waals surface area contributed by atoms with E-state index in [0.29, 0.717) is 6.61 Å². The van der Waals surface area contributed by atoms with E-state index >= 15 is 0 Å². The third-order valence-corrected chi connectivity index (χ3v) is 4.08. The largest absolute Gasteiger partial charge is 0.508 e. The van der Waals surface area contributed by atoms with E-state index in [9.17, 15) is 5.11 Å². The molecule has 0 aliphatic heterocycles. The van der Waals surface area contributed by atoms with Crippen molar-refractivity contribution in [3.8, 4) is 17.2 Å². The van der Waals surface area contributed by atoms with Gasteiger partial charge in [-0.15, -0.1) is 11.3 Å². The van der Waals surface area contributed by atoms with Crippen LogP contribution in [0.2, 0.25) is 0 Å². The van der Waals surface area contributed by atoms with Gasteiger partial charge in [-0.1, -0.05) is 12.1 Å². The number of methoxy groups -OCH3 is 1. The molecule has 0 amide bonds. The molecule has 0 saturated carbocycles. The van der Waals surface area contributed by atoms with Gasteiger partial charge >= 0.3 is 0 Å². The summed E-state index contributed by atoms with van der Waals surface area (Å²) in [6.07, 6.45) is 0. The summed E-state index contributed by atoms with van der Waals surface area (Å²) in [4.78, 5) is 1.11. The monoisotopic (exact) mass is 286 g/mol. The molecule has 0 unspecified atom stereocenters. The van der Waals surface area contributed by atoms with E-state index < -0.39 is 0 Å². The highest BCUT2D eigenvalue weighted by atomic mass is 32.1. The van der Waals surface area contributed by atoms with Gasteiger partial charge in [0.15, 0.2) is 11.5 Å². The molecule has 1 N–H and O–H groups in total. The maximum absolute atomic E-state index is 9.47. The van der Waals surface area contributed by atoms with Crippen LogP contribution in [0.1, 0.15) is 4.88 Å². The summed E-state index contributed by atoms with van der Waals surface area (Å²) < 4.78 is 12.2. The van der Waals surface area contributed by atoms with Gasteiger partial charge in [-0.2, -0.15) is 0 Å². The minimum Gasteiger partial charge on any atom is -0.508 e. The Balaban J connectivity index is 1.79. The summed E-state index contributed by atoms with van der Waals surface area (Å²) in [7, 11) is 1.63. The van der Waals surface area contributed by atoms with Gasteiger partial charge in [0.1, 0.15) is 12.4 Å². The molecule has 0 aliphatic carbocycles. The number of thiophene rings is 1. The molecule has 4 heteroatoms. The van der Waals surface area contributed by atoms with Gasteiger partial charge in [-0.05, 0) is 41.8 Å². The minimum absolute atomic E-state index is 0.285. The van der Waals surface area contributed by atoms with Crippen molar-refractivity contribution >= 4 is 21.4 Å². The molecule has 0 radical (unpaired) electrons. The quantitative estimate of drug-likeness (QED) is 0.781. The van der Waals surface area contributed by atoms with Crippen LogP contribution < -0.4 is 9.47 Å². The number of para-hydroxylation sites is 2. The van der Waals surface area contributed by atoms with E-state index in [-0.39, 0.29) is 5.75 Å². The Morgan fingerprint density at radius 2 is 1.85 bits per heavy atom.